The van der Waals surface area contributed by atoms with Crippen LogP contribution in [0.1, 0.15) is 94.4 Å². The van der Waals surface area contributed by atoms with Gasteiger partial charge in [0.15, 0.2) is 11.6 Å². The summed E-state index contributed by atoms with van der Waals surface area (Å²) in [5, 5.41) is 28.9. The highest BCUT2D eigenvalue weighted by Gasteiger charge is 2.37. The number of Topliss-reactive ketones (excluding diaryl/α,β-unsaturated/α-hetero) is 2. The maximum absolute atomic E-state index is 12.3. The Hall–Kier alpha value is -4.76. The van der Waals surface area contributed by atoms with E-state index in [9.17, 15) is 38.4 Å². The molecule has 71 heavy (non-hydrogen) atoms. The summed E-state index contributed by atoms with van der Waals surface area (Å²) in [6, 6.07) is 0. The predicted octanol–water partition coefficient (Wildman–Crippen LogP) is 2.31. The molecule has 0 aliphatic carbocycles. The van der Waals surface area contributed by atoms with Crippen molar-refractivity contribution >= 4 is 47.1 Å². The van der Waals surface area contributed by atoms with E-state index in [1.165, 1.54) is 19.4 Å². The van der Waals surface area contributed by atoms with E-state index in [-0.39, 0.29) is 111 Å². The molecule has 0 radical (unpaired) electrons. The van der Waals surface area contributed by atoms with E-state index in [4.69, 9.17) is 68.0 Å². The Labute approximate surface area is 420 Å². The summed E-state index contributed by atoms with van der Waals surface area (Å²) in [5.41, 5.74) is -1.24. The Kier molecular flexibility index (Phi) is 54.9. The van der Waals surface area contributed by atoms with Crippen molar-refractivity contribution in [3.63, 3.8) is 0 Å². The number of carbonyl (C=O) groups is 8. The summed E-state index contributed by atoms with van der Waals surface area (Å²) in [5.74, 6) is -5.39. The molecular formula is C47H88N2O22. The highest BCUT2D eigenvalue weighted by atomic mass is 16.7. The smallest absolute Gasteiger partial charge is 0.336 e. The van der Waals surface area contributed by atoms with Gasteiger partial charge in [0, 0.05) is 93.4 Å². The van der Waals surface area contributed by atoms with Gasteiger partial charge in [0.1, 0.15) is 13.2 Å². The second-order valence-electron chi connectivity index (χ2n) is 14.2. The van der Waals surface area contributed by atoms with Crippen molar-refractivity contribution in [2.75, 3.05) is 121 Å². The van der Waals surface area contributed by atoms with Crippen molar-refractivity contribution in [3.8, 4) is 0 Å². The van der Waals surface area contributed by atoms with E-state index in [0.29, 0.717) is 63.0 Å². The van der Waals surface area contributed by atoms with Gasteiger partial charge in [-0.15, -0.1) is 10.1 Å². The molecule has 4 amide bonds. The maximum Gasteiger partial charge on any atom is 0.336 e. The monoisotopic (exact) mass is 1030 g/mol. The number of rotatable bonds is 34. The topological polar surface area (TPSA) is 316 Å². The molecule has 1 atom stereocenters. The molecule has 0 aromatic rings. The molecule has 2 heterocycles. The number of amides is 4. The van der Waals surface area contributed by atoms with Gasteiger partial charge < -0.3 is 68.0 Å². The van der Waals surface area contributed by atoms with Crippen molar-refractivity contribution < 1.29 is 106 Å². The molecule has 24 heteroatoms. The van der Waals surface area contributed by atoms with Crippen molar-refractivity contribution in [2.45, 2.75) is 94.4 Å². The van der Waals surface area contributed by atoms with Crippen molar-refractivity contribution in [1.29, 1.82) is 0 Å². The minimum absolute atomic E-state index is 0. The van der Waals surface area contributed by atoms with Gasteiger partial charge in [-0.05, 0) is 27.7 Å². The Morgan fingerprint density at radius 1 is 0.521 bits per heavy atom. The lowest BCUT2D eigenvalue weighted by Gasteiger charge is -2.32. The minimum atomic E-state index is -0.835. The summed E-state index contributed by atoms with van der Waals surface area (Å²) in [7, 11) is 4.00. The fraction of sp³-hybridized carbons (Fsp3) is 0.745. The largest absolute Gasteiger partial charge is 0.501 e. The number of ketones is 2. The van der Waals surface area contributed by atoms with E-state index in [0.717, 1.165) is 28.4 Å². The first-order valence-electron chi connectivity index (χ1n) is 22.0. The minimum Gasteiger partial charge on any atom is -0.501 e. The third-order valence-electron chi connectivity index (χ3n) is 8.74. The van der Waals surface area contributed by atoms with E-state index in [2.05, 4.69) is 13.2 Å². The lowest BCUT2D eigenvalue weighted by Crippen LogP contribution is -2.42. The van der Waals surface area contributed by atoms with Crippen LogP contribution in [-0.2, 0) is 85.9 Å². The van der Waals surface area contributed by atoms with Crippen LogP contribution in [0.5, 0.6) is 0 Å². The second kappa shape index (κ2) is 50.2. The number of imide groups is 2. The fourth-order valence-electron chi connectivity index (χ4n) is 5.45. The van der Waals surface area contributed by atoms with Crippen molar-refractivity contribution in [3.05, 3.63) is 25.7 Å². The SMILES string of the molecule is C.C.C=COCC(COCC)(COCC)COCC(=O)CC(C)C(=O)ON1C(=O)CCC1=O.C=COCC(COCC)(COCC)COCC(=O)CCC(=O)ON1C(=O)CCC1=O.CO.CO.CO.CO. The second-order valence-corrected chi connectivity index (χ2v) is 14.2. The fourth-order valence-corrected chi connectivity index (χ4v) is 5.45. The van der Waals surface area contributed by atoms with Crippen LogP contribution in [0.2, 0.25) is 0 Å². The zero-order chi connectivity index (χ0) is 53.7. The molecule has 4 N–H and O–H groups in total. The number of hydrogen-bond donors (Lipinski definition) is 4. The zero-order valence-corrected chi connectivity index (χ0v) is 42.0. The molecule has 0 aromatic carbocycles. The van der Waals surface area contributed by atoms with Crippen LogP contribution < -0.4 is 0 Å². The van der Waals surface area contributed by atoms with E-state index < -0.39 is 52.3 Å². The van der Waals surface area contributed by atoms with Crippen LogP contribution in [0, 0.1) is 16.7 Å². The standard InChI is InChI=1S/C21H33NO9.C20H31NO9.4CH4O.2CH4/c1-5-27-12-21(13-28-6-2,14-29-7-3)15-30-11-17(23)10-16(4)20(26)31-22-18(24)8-9-19(22)25;1-4-26-12-20(13-27-5-2,14-28-6-3)15-29-11-16(22)7-10-19(25)30-21-17(23)8-9-18(21)24;4*1-2;;/h5,16H,1,6-15H2,2-4H3;4H,1,5-15H2,2-3H3;4*2H,1H3;2*1H4. The average molecular weight is 1030 g/mol. The van der Waals surface area contributed by atoms with Gasteiger partial charge in [-0.1, -0.05) is 34.9 Å². The molecule has 1 unspecified atom stereocenters. The number of ether oxygens (including phenoxy) is 8. The van der Waals surface area contributed by atoms with Crippen molar-refractivity contribution in [2.24, 2.45) is 16.7 Å². The van der Waals surface area contributed by atoms with Gasteiger partial charge in [-0.3, -0.25) is 28.8 Å². The van der Waals surface area contributed by atoms with Crippen molar-refractivity contribution in [1.82, 2.24) is 10.1 Å². The first-order valence-corrected chi connectivity index (χ1v) is 22.0. The molecule has 24 nitrogen and oxygen atoms in total. The third kappa shape index (κ3) is 35.1. The lowest BCUT2D eigenvalue weighted by molar-refractivity contribution is -0.200. The van der Waals surface area contributed by atoms with Crippen LogP contribution >= 0.6 is 0 Å². The molecule has 0 bridgehead atoms. The van der Waals surface area contributed by atoms with Crippen LogP contribution in [0.4, 0.5) is 0 Å². The number of aliphatic hydroxyl groups excluding tert-OH is 4. The molecule has 418 valence electrons. The summed E-state index contributed by atoms with van der Waals surface area (Å²) in [6.45, 7) is 19.6. The summed E-state index contributed by atoms with van der Waals surface area (Å²) in [4.78, 5) is 104. The predicted molar refractivity (Wildman–Crippen MR) is 258 cm³/mol. The molecule has 2 rings (SSSR count). The molecule has 0 saturated carbocycles. The average Bonchev–Trinajstić information content (AvgIpc) is 3.86. The summed E-state index contributed by atoms with van der Waals surface area (Å²) < 4.78 is 44.0. The molecule has 2 saturated heterocycles. The zero-order valence-electron chi connectivity index (χ0n) is 42.0. The summed E-state index contributed by atoms with van der Waals surface area (Å²) >= 11 is 0. The Balaban J connectivity index is -0.000000254. The van der Waals surface area contributed by atoms with Gasteiger partial charge in [-0.25, -0.2) is 9.59 Å². The molecule has 2 aliphatic heterocycles. The van der Waals surface area contributed by atoms with Gasteiger partial charge in [0.05, 0.1) is 88.5 Å². The number of nitrogens with zero attached hydrogens (tertiary/aromatic N) is 2. The van der Waals surface area contributed by atoms with Gasteiger partial charge >= 0.3 is 11.9 Å². The Morgan fingerprint density at radius 3 is 1.15 bits per heavy atom. The highest BCUT2D eigenvalue weighted by Crippen LogP contribution is 2.23. The molecule has 2 aliphatic rings. The van der Waals surface area contributed by atoms with Crippen LogP contribution in [0.15, 0.2) is 25.7 Å². The molecular weight excluding hydrogens is 945 g/mol. The van der Waals surface area contributed by atoms with Gasteiger partial charge in [-0.2, -0.15) is 0 Å². The summed E-state index contributed by atoms with van der Waals surface area (Å²) in [6.07, 6.45) is 2.13. The van der Waals surface area contributed by atoms with E-state index in [1.54, 1.807) is 0 Å². The first-order chi connectivity index (χ1) is 33.1. The molecule has 0 aromatic heterocycles. The molecule has 2 fully saturated rings. The van der Waals surface area contributed by atoms with Gasteiger partial charge in [0.2, 0.25) is 0 Å². The maximum atomic E-state index is 12.3. The van der Waals surface area contributed by atoms with Crippen LogP contribution in [0.3, 0.4) is 0 Å². The number of hydrogen-bond acceptors (Lipinski definition) is 22. The number of hydroxylamine groups is 4. The Bertz CT molecular complexity index is 1410. The lowest BCUT2D eigenvalue weighted by atomic mass is 9.92. The normalized spacial score (nSPS) is 12.9. The first kappa shape index (κ1) is 77.7. The van der Waals surface area contributed by atoms with Crippen LogP contribution in [-0.4, -0.2) is 199 Å². The Morgan fingerprint density at radius 2 is 0.831 bits per heavy atom. The number of aliphatic hydroxyl groups is 4. The quantitative estimate of drug-likeness (QED) is 0.0531. The third-order valence-corrected chi connectivity index (χ3v) is 8.74. The van der Waals surface area contributed by atoms with E-state index in [1.807, 2.05) is 27.7 Å². The van der Waals surface area contributed by atoms with E-state index >= 15 is 0 Å². The molecule has 0 spiro atoms. The highest BCUT2D eigenvalue weighted by molar-refractivity contribution is 6.02. The van der Waals surface area contributed by atoms with Crippen LogP contribution in [0.25, 0.3) is 0 Å². The number of carbonyl (C=O) groups excluding carboxylic acids is 8. The van der Waals surface area contributed by atoms with Gasteiger partial charge in [0.25, 0.3) is 23.6 Å².